The van der Waals surface area contributed by atoms with Gasteiger partial charge in [-0.05, 0) is 17.7 Å². The van der Waals surface area contributed by atoms with Crippen LogP contribution in [0.25, 0.3) is 0 Å². The highest BCUT2D eigenvalue weighted by Gasteiger charge is 2.10. The van der Waals surface area contributed by atoms with Gasteiger partial charge < -0.3 is 16.0 Å². The molecule has 2 rings (SSSR count). The third-order valence-corrected chi connectivity index (χ3v) is 3.89. The number of carbonyl (C=O) groups is 2. The zero-order chi connectivity index (χ0) is 16.1. The molecule has 23 heavy (non-hydrogen) atoms. The van der Waals surface area contributed by atoms with Crippen LogP contribution >= 0.6 is 23.7 Å². The first-order valence-corrected chi connectivity index (χ1v) is 7.62. The van der Waals surface area contributed by atoms with Crippen molar-refractivity contribution in [2.24, 2.45) is 5.73 Å². The van der Waals surface area contributed by atoms with E-state index in [9.17, 15) is 9.59 Å². The number of rotatable bonds is 5. The minimum absolute atomic E-state index is 0. The zero-order valence-corrected chi connectivity index (χ0v) is 14.5. The Morgan fingerprint density at radius 1 is 1.26 bits per heavy atom. The van der Waals surface area contributed by atoms with Gasteiger partial charge in [0.1, 0.15) is 10.7 Å². The van der Waals surface area contributed by atoms with Gasteiger partial charge in [0.25, 0.3) is 11.8 Å². The third kappa shape index (κ3) is 5.02. The van der Waals surface area contributed by atoms with Crippen LogP contribution in [-0.4, -0.2) is 35.8 Å². The summed E-state index contributed by atoms with van der Waals surface area (Å²) in [5, 5.41) is 5.22. The maximum atomic E-state index is 11.9. The van der Waals surface area contributed by atoms with E-state index >= 15 is 0 Å². The van der Waals surface area contributed by atoms with Gasteiger partial charge >= 0.3 is 0 Å². The van der Waals surface area contributed by atoms with Crippen molar-refractivity contribution in [3.05, 3.63) is 51.5 Å². The molecule has 0 spiro atoms. The van der Waals surface area contributed by atoms with Crippen LogP contribution in [0.3, 0.4) is 0 Å². The van der Waals surface area contributed by atoms with Crippen LogP contribution in [0.5, 0.6) is 0 Å². The van der Waals surface area contributed by atoms with Gasteiger partial charge in [0.05, 0.1) is 0 Å². The van der Waals surface area contributed by atoms with E-state index in [-0.39, 0.29) is 24.2 Å². The van der Waals surface area contributed by atoms with Crippen molar-refractivity contribution >= 4 is 35.6 Å². The molecule has 0 radical (unpaired) electrons. The molecule has 6 nitrogen and oxygen atoms in total. The molecule has 0 unspecified atom stereocenters. The predicted molar refractivity (Wildman–Crippen MR) is 92.9 cm³/mol. The minimum atomic E-state index is -0.232. The number of carbonyl (C=O) groups excluding carboxylic acids is 2. The molecule has 2 aromatic rings. The lowest BCUT2D eigenvalue weighted by atomic mass is 10.1. The van der Waals surface area contributed by atoms with E-state index in [1.165, 1.54) is 16.2 Å². The van der Waals surface area contributed by atoms with E-state index in [4.69, 9.17) is 5.73 Å². The van der Waals surface area contributed by atoms with Crippen molar-refractivity contribution in [3.8, 4) is 0 Å². The van der Waals surface area contributed by atoms with Gasteiger partial charge in [-0.25, -0.2) is 4.98 Å². The first-order chi connectivity index (χ1) is 10.5. The summed E-state index contributed by atoms with van der Waals surface area (Å²) in [5.41, 5.74) is 7.39. The van der Waals surface area contributed by atoms with Crippen LogP contribution in [0, 0.1) is 0 Å². The molecule has 0 saturated carbocycles. The van der Waals surface area contributed by atoms with E-state index < -0.39 is 0 Å². The monoisotopic (exact) mass is 354 g/mol. The summed E-state index contributed by atoms with van der Waals surface area (Å²) in [6.45, 7) is 0.712. The van der Waals surface area contributed by atoms with Gasteiger partial charge in [-0.1, -0.05) is 12.1 Å². The van der Waals surface area contributed by atoms with Crippen molar-refractivity contribution in [1.82, 2.24) is 15.2 Å². The van der Waals surface area contributed by atoms with Crippen LogP contribution in [0.1, 0.15) is 31.4 Å². The number of nitrogens with two attached hydrogens (primary N) is 1. The van der Waals surface area contributed by atoms with Crippen molar-refractivity contribution < 1.29 is 9.59 Å². The van der Waals surface area contributed by atoms with E-state index in [0.717, 1.165) is 10.6 Å². The van der Waals surface area contributed by atoms with Crippen LogP contribution in [-0.2, 0) is 13.1 Å². The Morgan fingerprint density at radius 2 is 1.91 bits per heavy atom. The summed E-state index contributed by atoms with van der Waals surface area (Å²) in [4.78, 5) is 29.4. The second-order valence-corrected chi connectivity index (χ2v) is 5.85. The van der Waals surface area contributed by atoms with Crippen molar-refractivity contribution in [2.75, 3.05) is 14.1 Å². The zero-order valence-electron chi connectivity index (χ0n) is 12.9. The fourth-order valence-electron chi connectivity index (χ4n) is 1.81. The Bertz CT molecular complexity index is 670. The Hall–Kier alpha value is -1.96. The molecule has 0 aliphatic heterocycles. The molecular weight excluding hydrogens is 336 g/mol. The van der Waals surface area contributed by atoms with Gasteiger partial charge in [-0.3, -0.25) is 9.59 Å². The van der Waals surface area contributed by atoms with Gasteiger partial charge in [-0.2, -0.15) is 0 Å². The standard InChI is InChI=1S/C15H18N4O2S.ClH/c1-19(2)15(21)11-5-3-10(4-6-11)8-17-14(20)12-9-22-13(7-16)18-12;/h3-6,9H,7-8,16H2,1-2H3,(H,17,20);1H. The fraction of sp³-hybridized carbons (Fsp3) is 0.267. The van der Waals surface area contributed by atoms with E-state index in [1.807, 2.05) is 12.1 Å². The molecule has 124 valence electrons. The van der Waals surface area contributed by atoms with E-state index in [0.29, 0.717) is 24.3 Å². The smallest absolute Gasteiger partial charge is 0.271 e. The predicted octanol–water partition coefficient (Wildman–Crippen LogP) is 1.66. The Labute approximate surface area is 145 Å². The van der Waals surface area contributed by atoms with E-state index in [1.54, 1.807) is 31.6 Å². The first-order valence-electron chi connectivity index (χ1n) is 6.74. The minimum Gasteiger partial charge on any atom is -0.347 e. The van der Waals surface area contributed by atoms with Gasteiger partial charge in [0, 0.05) is 38.1 Å². The van der Waals surface area contributed by atoms with Crippen molar-refractivity contribution in [2.45, 2.75) is 13.1 Å². The highest BCUT2D eigenvalue weighted by Crippen LogP contribution is 2.10. The Morgan fingerprint density at radius 3 is 2.43 bits per heavy atom. The topological polar surface area (TPSA) is 88.3 Å². The van der Waals surface area contributed by atoms with Crippen molar-refractivity contribution in [1.29, 1.82) is 0 Å². The molecule has 3 N–H and O–H groups in total. The summed E-state index contributed by atoms with van der Waals surface area (Å²) in [6, 6.07) is 7.14. The molecule has 2 amide bonds. The molecule has 1 aromatic heterocycles. The SMILES string of the molecule is CN(C)C(=O)c1ccc(CNC(=O)c2csc(CN)n2)cc1.Cl. The van der Waals surface area contributed by atoms with Crippen LogP contribution in [0.4, 0.5) is 0 Å². The lowest BCUT2D eigenvalue weighted by Gasteiger charge is -2.10. The van der Waals surface area contributed by atoms with Crippen molar-refractivity contribution in [3.63, 3.8) is 0 Å². The molecule has 0 bridgehead atoms. The number of benzene rings is 1. The molecule has 8 heteroatoms. The first kappa shape index (κ1) is 19.1. The normalized spacial score (nSPS) is 9.87. The lowest BCUT2D eigenvalue weighted by molar-refractivity contribution is 0.0827. The van der Waals surface area contributed by atoms with E-state index in [2.05, 4.69) is 10.3 Å². The fourth-order valence-corrected chi connectivity index (χ4v) is 2.46. The number of aromatic nitrogens is 1. The summed E-state index contributed by atoms with van der Waals surface area (Å²) in [6.07, 6.45) is 0. The Kier molecular flexibility index (Phi) is 7.15. The summed E-state index contributed by atoms with van der Waals surface area (Å²) < 4.78 is 0. The summed E-state index contributed by atoms with van der Waals surface area (Å²) >= 11 is 1.37. The number of thiazole rings is 1. The molecule has 0 atom stereocenters. The molecule has 0 aliphatic rings. The number of hydrogen-bond acceptors (Lipinski definition) is 5. The third-order valence-electron chi connectivity index (χ3n) is 3.02. The average Bonchev–Trinajstić information content (AvgIpc) is 3.01. The maximum absolute atomic E-state index is 11.9. The molecular formula is C15H19ClN4O2S. The molecule has 1 heterocycles. The number of hydrogen-bond donors (Lipinski definition) is 2. The second-order valence-electron chi connectivity index (χ2n) is 4.91. The highest BCUT2D eigenvalue weighted by molar-refractivity contribution is 7.09. The van der Waals surface area contributed by atoms with Gasteiger partial charge in [0.2, 0.25) is 0 Å². The van der Waals surface area contributed by atoms with Crippen LogP contribution in [0.2, 0.25) is 0 Å². The second kappa shape index (κ2) is 8.61. The number of nitrogens with one attached hydrogen (secondary N) is 1. The summed E-state index contributed by atoms with van der Waals surface area (Å²) in [7, 11) is 3.42. The highest BCUT2D eigenvalue weighted by atomic mass is 35.5. The lowest BCUT2D eigenvalue weighted by Crippen LogP contribution is -2.23. The molecule has 0 aliphatic carbocycles. The summed E-state index contributed by atoms with van der Waals surface area (Å²) in [5.74, 6) is -0.281. The molecule has 0 fully saturated rings. The van der Waals surface area contributed by atoms with Crippen LogP contribution in [0.15, 0.2) is 29.6 Å². The maximum Gasteiger partial charge on any atom is 0.271 e. The Balaban J connectivity index is 0.00000264. The van der Waals surface area contributed by atoms with Crippen LogP contribution < -0.4 is 11.1 Å². The largest absolute Gasteiger partial charge is 0.347 e. The average molecular weight is 355 g/mol. The molecule has 0 saturated heterocycles. The number of amides is 2. The number of nitrogens with zero attached hydrogens (tertiary/aromatic N) is 2. The van der Waals surface area contributed by atoms with Gasteiger partial charge in [0.15, 0.2) is 0 Å². The molecule has 1 aromatic carbocycles. The van der Waals surface area contributed by atoms with Gasteiger partial charge in [-0.15, -0.1) is 23.7 Å². The quantitative estimate of drug-likeness (QED) is 0.854. The number of halogens is 1.